The minimum atomic E-state index is -0.116. The predicted octanol–water partition coefficient (Wildman–Crippen LogP) is 3.45. The number of nitrogens with zero attached hydrogens (tertiary/aromatic N) is 2. The van der Waals surface area contributed by atoms with Crippen LogP contribution >= 0.6 is 11.6 Å². The van der Waals surface area contributed by atoms with Gasteiger partial charge in [-0.2, -0.15) is 0 Å². The summed E-state index contributed by atoms with van der Waals surface area (Å²) < 4.78 is 5.24. The molecule has 6 heteroatoms. The van der Waals surface area contributed by atoms with Gasteiger partial charge in [-0.05, 0) is 64.0 Å². The van der Waals surface area contributed by atoms with Gasteiger partial charge in [-0.3, -0.25) is 0 Å². The van der Waals surface area contributed by atoms with Crippen molar-refractivity contribution in [3.63, 3.8) is 0 Å². The Hall–Kier alpha value is -1.46. The van der Waals surface area contributed by atoms with E-state index in [9.17, 15) is 4.79 Å². The molecular formula is C18H28ClN3O2. The van der Waals surface area contributed by atoms with Gasteiger partial charge in [0.25, 0.3) is 0 Å². The number of halogens is 1. The Kier molecular flexibility index (Phi) is 6.35. The molecule has 2 amide bonds. The Morgan fingerprint density at radius 1 is 1.42 bits per heavy atom. The van der Waals surface area contributed by atoms with Crippen molar-refractivity contribution in [3.8, 4) is 5.75 Å². The highest BCUT2D eigenvalue weighted by Gasteiger charge is 2.25. The third kappa shape index (κ3) is 4.14. The number of nitrogens with one attached hydrogen (secondary N) is 1. The topological polar surface area (TPSA) is 44.8 Å². The summed E-state index contributed by atoms with van der Waals surface area (Å²) in [5.74, 6) is 0.653. The summed E-state index contributed by atoms with van der Waals surface area (Å²) in [5, 5.41) is 3.68. The molecule has 0 radical (unpaired) electrons. The van der Waals surface area contributed by atoms with Gasteiger partial charge in [-0.25, -0.2) is 4.79 Å². The summed E-state index contributed by atoms with van der Waals surface area (Å²) in [7, 11) is 5.60. The highest BCUT2D eigenvalue weighted by Crippen LogP contribution is 2.32. The van der Waals surface area contributed by atoms with Crippen LogP contribution in [0.15, 0.2) is 12.1 Å². The summed E-state index contributed by atoms with van der Waals surface area (Å²) in [6.07, 6.45) is 2.03. The van der Waals surface area contributed by atoms with Crippen molar-refractivity contribution in [1.82, 2.24) is 15.1 Å². The van der Waals surface area contributed by atoms with E-state index in [0.29, 0.717) is 16.8 Å². The van der Waals surface area contributed by atoms with Gasteiger partial charge in [-0.1, -0.05) is 17.7 Å². The van der Waals surface area contributed by atoms with Gasteiger partial charge in [0.1, 0.15) is 5.75 Å². The quantitative estimate of drug-likeness (QED) is 0.901. The molecule has 1 aromatic carbocycles. The monoisotopic (exact) mass is 353 g/mol. The molecule has 1 aromatic rings. The fourth-order valence-corrected chi connectivity index (χ4v) is 3.46. The molecular weight excluding hydrogens is 326 g/mol. The van der Waals surface area contributed by atoms with Crippen molar-refractivity contribution in [2.24, 2.45) is 0 Å². The van der Waals surface area contributed by atoms with Crippen LogP contribution in [0.2, 0.25) is 5.02 Å². The zero-order chi connectivity index (χ0) is 17.9. The third-order valence-corrected chi connectivity index (χ3v) is 5.45. The van der Waals surface area contributed by atoms with E-state index in [0.717, 1.165) is 37.1 Å². The molecule has 1 aliphatic heterocycles. The Morgan fingerprint density at radius 3 is 2.62 bits per heavy atom. The molecule has 1 N–H and O–H groups in total. The van der Waals surface area contributed by atoms with Crippen molar-refractivity contribution < 1.29 is 9.53 Å². The first-order valence-corrected chi connectivity index (χ1v) is 8.77. The minimum Gasteiger partial charge on any atom is -0.495 e. The number of carbonyl (C=O) groups is 1. The van der Waals surface area contributed by atoms with Crippen molar-refractivity contribution >= 4 is 17.6 Å². The van der Waals surface area contributed by atoms with Gasteiger partial charge in [0.2, 0.25) is 0 Å². The maximum atomic E-state index is 12.6. The molecule has 134 valence electrons. The lowest BCUT2D eigenvalue weighted by atomic mass is 10.0. The van der Waals surface area contributed by atoms with Gasteiger partial charge in [-0.15, -0.1) is 0 Å². The molecule has 1 atom stereocenters. The number of amides is 2. The van der Waals surface area contributed by atoms with Gasteiger partial charge in [0.05, 0.1) is 18.2 Å². The van der Waals surface area contributed by atoms with E-state index in [-0.39, 0.29) is 12.1 Å². The summed E-state index contributed by atoms with van der Waals surface area (Å²) in [4.78, 5) is 16.7. The Morgan fingerprint density at radius 2 is 2.04 bits per heavy atom. The van der Waals surface area contributed by atoms with E-state index in [2.05, 4.69) is 17.3 Å². The lowest BCUT2D eigenvalue weighted by Crippen LogP contribution is -2.48. The van der Waals surface area contributed by atoms with Crippen LogP contribution in [0.1, 0.15) is 36.9 Å². The Labute approximate surface area is 149 Å². The van der Waals surface area contributed by atoms with Crippen molar-refractivity contribution in [2.75, 3.05) is 34.3 Å². The van der Waals surface area contributed by atoms with Gasteiger partial charge < -0.3 is 19.9 Å². The number of benzene rings is 1. The van der Waals surface area contributed by atoms with E-state index in [1.807, 2.05) is 37.9 Å². The van der Waals surface area contributed by atoms with Crippen LogP contribution in [0.3, 0.4) is 0 Å². The average Bonchev–Trinajstić information content (AvgIpc) is 2.57. The third-order valence-electron chi connectivity index (χ3n) is 4.98. The molecule has 5 nitrogen and oxygen atoms in total. The molecule has 1 aliphatic rings. The van der Waals surface area contributed by atoms with Gasteiger partial charge in [0, 0.05) is 13.1 Å². The van der Waals surface area contributed by atoms with Crippen LogP contribution in [0.4, 0.5) is 4.79 Å². The largest absolute Gasteiger partial charge is 0.495 e. The summed E-state index contributed by atoms with van der Waals surface area (Å²) >= 11 is 6.32. The molecule has 0 bridgehead atoms. The second-order valence-corrected chi connectivity index (χ2v) is 6.99. The number of carbonyl (C=O) groups excluding carboxylic acids is 1. The Balaban J connectivity index is 2.02. The summed E-state index contributed by atoms with van der Waals surface area (Å²) in [5.41, 5.74) is 1.94. The van der Waals surface area contributed by atoms with Crippen LogP contribution in [0.5, 0.6) is 5.75 Å². The highest BCUT2D eigenvalue weighted by atomic mass is 35.5. The Bertz CT molecular complexity index is 586. The molecule has 0 aromatic heterocycles. The minimum absolute atomic E-state index is 0.0385. The molecule has 0 unspecified atom stereocenters. The first kappa shape index (κ1) is 18.9. The molecule has 1 heterocycles. The summed E-state index contributed by atoms with van der Waals surface area (Å²) in [6, 6.07) is 3.95. The lowest BCUT2D eigenvalue weighted by Gasteiger charge is -2.35. The lowest BCUT2D eigenvalue weighted by molar-refractivity contribution is 0.146. The predicted molar refractivity (Wildman–Crippen MR) is 98.0 cm³/mol. The molecule has 0 saturated carbocycles. The van der Waals surface area contributed by atoms with Gasteiger partial charge >= 0.3 is 6.03 Å². The van der Waals surface area contributed by atoms with E-state index in [1.54, 1.807) is 7.11 Å². The van der Waals surface area contributed by atoms with Crippen LogP contribution in [-0.4, -0.2) is 56.2 Å². The molecule has 1 fully saturated rings. The SMILES string of the molecule is COc1ccc([C@@H](C)NC(=O)N(C)C2CCN(C)CC2)c(C)c1Cl. The number of ether oxygens (including phenoxy) is 1. The van der Waals surface area contributed by atoms with Crippen LogP contribution < -0.4 is 10.1 Å². The van der Waals surface area contributed by atoms with Gasteiger partial charge in [0.15, 0.2) is 0 Å². The fourth-order valence-electron chi connectivity index (χ4n) is 3.21. The van der Waals surface area contributed by atoms with Crippen molar-refractivity contribution in [2.45, 2.75) is 38.8 Å². The van der Waals surface area contributed by atoms with Crippen molar-refractivity contribution in [1.29, 1.82) is 0 Å². The van der Waals surface area contributed by atoms with E-state index in [1.165, 1.54) is 0 Å². The second kappa shape index (κ2) is 8.08. The van der Waals surface area contributed by atoms with E-state index in [4.69, 9.17) is 16.3 Å². The van der Waals surface area contributed by atoms with Crippen LogP contribution in [0, 0.1) is 6.92 Å². The standard InChI is InChI=1S/C18H28ClN3O2/c1-12-15(6-7-16(24-5)17(12)19)13(2)20-18(23)22(4)14-8-10-21(3)11-9-14/h6-7,13-14H,8-11H2,1-5H3,(H,20,23)/t13-/m1/s1. The molecule has 1 saturated heterocycles. The second-order valence-electron chi connectivity index (χ2n) is 6.61. The zero-order valence-corrected chi connectivity index (χ0v) is 16.0. The molecule has 24 heavy (non-hydrogen) atoms. The number of methoxy groups -OCH3 is 1. The molecule has 0 aliphatic carbocycles. The van der Waals surface area contributed by atoms with E-state index >= 15 is 0 Å². The molecule has 2 rings (SSSR count). The molecule has 0 spiro atoms. The number of rotatable bonds is 4. The maximum absolute atomic E-state index is 12.6. The number of piperidine rings is 1. The number of hydrogen-bond donors (Lipinski definition) is 1. The van der Waals surface area contributed by atoms with Crippen molar-refractivity contribution in [3.05, 3.63) is 28.3 Å². The zero-order valence-electron chi connectivity index (χ0n) is 15.2. The number of urea groups is 1. The number of hydrogen-bond acceptors (Lipinski definition) is 3. The normalized spacial score (nSPS) is 17.4. The summed E-state index contributed by atoms with van der Waals surface area (Å²) in [6.45, 7) is 5.99. The first-order chi connectivity index (χ1) is 11.3. The smallest absolute Gasteiger partial charge is 0.317 e. The van der Waals surface area contributed by atoms with Crippen LogP contribution in [-0.2, 0) is 0 Å². The average molecular weight is 354 g/mol. The fraction of sp³-hybridized carbons (Fsp3) is 0.611. The first-order valence-electron chi connectivity index (χ1n) is 8.40. The number of likely N-dealkylation sites (tertiary alicyclic amines) is 1. The maximum Gasteiger partial charge on any atom is 0.317 e. The van der Waals surface area contributed by atoms with Crippen LogP contribution in [0.25, 0.3) is 0 Å². The van der Waals surface area contributed by atoms with E-state index < -0.39 is 0 Å². The highest BCUT2D eigenvalue weighted by molar-refractivity contribution is 6.32.